The molecule has 8 nitrogen and oxygen atoms in total. The Morgan fingerprint density at radius 1 is 1.40 bits per heavy atom. The van der Waals surface area contributed by atoms with Crippen molar-refractivity contribution in [2.75, 3.05) is 5.32 Å². The van der Waals surface area contributed by atoms with Crippen molar-refractivity contribution in [2.45, 2.75) is 6.55 Å². The molecule has 106 valence electrons. The Morgan fingerprint density at radius 2 is 2.10 bits per heavy atom. The van der Waals surface area contributed by atoms with Crippen LogP contribution < -0.4 is 11.1 Å². The van der Waals surface area contributed by atoms with E-state index >= 15 is 0 Å². The lowest BCUT2D eigenvalue weighted by atomic mass is 10.3. The molecule has 0 aliphatic carbocycles. The van der Waals surface area contributed by atoms with Crippen molar-refractivity contribution in [1.29, 1.82) is 0 Å². The first-order valence-electron chi connectivity index (χ1n) is 5.36. The van der Waals surface area contributed by atoms with Gasteiger partial charge in [0.2, 0.25) is 0 Å². The highest BCUT2D eigenvalue weighted by molar-refractivity contribution is 6.07. The predicted molar refractivity (Wildman–Crippen MR) is 63.2 cm³/mol. The van der Waals surface area contributed by atoms with E-state index in [0.29, 0.717) is 0 Å². The minimum Gasteiger partial charge on any atom is -0.364 e. The third-order valence-corrected chi connectivity index (χ3v) is 2.51. The van der Waals surface area contributed by atoms with Crippen molar-refractivity contribution in [2.24, 2.45) is 12.8 Å². The Labute approximate surface area is 111 Å². The fourth-order valence-corrected chi connectivity index (χ4v) is 1.66. The molecule has 3 N–H and O–H groups in total. The number of aryl methyl sites for hydroxylation is 1. The van der Waals surface area contributed by atoms with Crippen LogP contribution in [0.2, 0.25) is 0 Å². The van der Waals surface area contributed by atoms with E-state index in [1.54, 1.807) is 0 Å². The molecular weight excluding hydrogens is 274 g/mol. The maximum Gasteiger partial charge on any atom is 0.333 e. The number of anilines is 1. The van der Waals surface area contributed by atoms with Gasteiger partial charge in [0, 0.05) is 13.2 Å². The molecule has 0 saturated carbocycles. The topological polar surface area (TPSA) is 108 Å². The number of nitrogens with one attached hydrogen (secondary N) is 1. The molecule has 2 aromatic rings. The first kappa shape index (κ1) is 13.6. The Balaban J connectivity index is 2.29. The Morgan fingerprint density at radius 3 is 2.70 bits per heavy atom. The van der Waals surface area contributed by atoms with Crippen LogP contribution in [-0.2, 0) is 7.05 Å². The van der Waals surface area contributed by atoms with Crippen molar-refractivity contribution in [3.63, 3.8) is 0 Å². The van der Waals surface area contributed by atoms with Gasteiger partial charge in [0.05, 0.1) is 11.9 Å². The maximum atomic E-state index is 12.6. The molecule has 2 heterocycles. The van der Waals surface area contributed by atoms with Gasteiger partial charge in [0.25, 0.3) is 11.8 Å². The van der Waals surface area contributed by atoms with Crippen molar-refractivity contribution < 1.29 is 18.4 Å². The third-order valence-electron chi connectivity index (χ3n) is 2.51. The van der Waals surface area contributed by atoms with Crippen LogP contribution in [0.3, 0.4) is 0 Å². The average molecular weight is 284 g/mol. The number of hydrogen-bond acceptors (Lipinski definition) is 4. The summed E-state index contributed by atoms with van der Waals surface area (Å²) in [7, 11) is 1.46. The predicted octanol–water partition coefficient (Wildman–Crippen LogP) is 0.363. The van der Waals surface area contributed by atoms with Crippen molar-refractivity contribution >= 4 is 17.5 Å². The van der Waals surface area contributed by atoms with Crippen LogP contribution in [0.15, 0.2) is 18.5 Å². The summed E-state index contributed by atoms with van der Waals surface area (Å²) in [5, 5.41) is 9.39. The molecule has 20 heavy (non-hydrogen) atoms. The van der Waals surface area contributed by atoms with E-state index in [-0.39, 0.29) is 21.8 Å². The third kappa shape index (κ3) is 2.35. The number of nitrogens with zero attached hydrogens (tertiary/aromatic N) is 4. The van der Waals surface area contributed by atoms with Gasteiger partial charge in [-0.1, -0.05) is 0 Å². The number of amides is 2. The monoisotopic (exact) mass is 284 g/mol. The molecule has 0 bridgehead atoms. The van der Waals surface area contributed by atoms with E-state index in [9.17, 15) is 18.4 Å². The summed E-state index contributed by atoms with van der Waals surface area (Å²) in [6.07, 6.45) is 2.26. The summed E-state index contributed by atoms with van der Waals surface area (Å²) in [4.78, 5) is 23.1. The van der Waals surface area contributed by atoms with Gasteiger partial charge in [-0.2, -0.15) is 23.7 Å². The summed E-state index contributed by atoms with van der Waals surface area (Å²) >= 11 is 0. The molecule has 0 atom stereocenters. The lowest BCUT2D eigenvalue weighted by Gasteiger charge is -2.07. The Hall–Kier alpha value is -2.78. The number of nitrogens with two attached hydrogens (primary N) is 1. The maximum absolute atomic E-state index is 12.6. The molecule has 0 fully saturated rings. The van der Waals surface area contributed by atoms with E-state index < -0.39 is 18.4 Å². The molecule has 2 amide bonds. The van der Waals surface area contributed by atoms with Gasteiger partial charge in [0.15, 0.2) is 0 Å². The van der Waals surface area contributed by atoms with Gasteiger partial charge in [-0.15, -0.1) is 0 Å². The number of carbonyl (C=O) groups is 2. The second kappa shape index (κ2) is 5.07. The van der Waals surface area contributed by atoms with Crippen LogP contribution in [0.5, 0.6) is 0 Å². The summed E-state index contributed by atoms with van der Waals surface area (Å²) in [6.45, 7) is -2.95. The number of alkyl halides is 2. The number of rotatable bonds is 4. The van der Waals surface area contributed by atoms with Crippen molar-refractivity contribution in [3.8, 4) is 0 Å². The van der Waals surface area contributed by atoms with Gasteiger partial charge in [0.1, 0.15) is 11.4 Å². The van der Waals surface area contributed by atoms with E-state index in [4.69, 9.17) is 5.73 Å². The Kier molecular flexibility index (Phi) is 3.46. The van der Waals surface area contributed by atoms with E-state index in [1.807, 2.05) is 0 Å². The van der Waals surface area contributed by atoms with Crippen LogP contribution in [0, 0.1) is 0 Å². The van der Waals surface area contributed by atoms with Crippen molar-refractivity contribution in [3.05, 3.63) is 29.8 Å². The molecule has 0 aliphatic rings. The highest BCUT2D eigenvalue weighted by Crippen LogP contribution is 2.17. The van der Waals surface area contributed by atoms with Crippen LogP contribution in [0.4, 0.5) is 14.5 Å². The van der Waals surface area contributed by atoms with Gasteiger partial charge < -0.3 is 11.1 Å². The standard InChI is InChI=1S/C10H10F2N6O2/c1-17-7(8(13)19)5(4-15-17)16-9(20)6-2-3-14-18(6)10(11)12/h2-4,10H,1H3,(H2,13,19)(H,16,20). The van der Waals surface area contributed by atoms with Crippen LogP contribution >= 0.6 is 0 Å². The van der Waals surface area contributed by atoms with Gasteiger partial charge in [-0.05, 0) is 6.07 Å². The minimum absolute atomic E-state index is 0.0343. The zero-order valence-corrected chi connectivity index (χ0v) is 10.2. The summed E-state index contributed by atoms with van der Waals surface area (Å²) in [5.74, 6) is -1.65. The lowest BCUT2D eigenvalue weighted by molar-refractivity contribution is 0.0520. The van der Waals surface area contributed by atoms with Gasteiger partial charge in [-0.25, -0.2) is 0 Å². The molecule has 10 heteroatoms. The largest absolute Gasteiger partial charge is 0.364 e. The SMILES string of the molecule is Cn1ncc(NC(=O)c2ccnn2C(F)F)c1C(N)=O. The normalized spacial score (nSPS) is 10.8. The summed E-state index contributed by atoms with van der Waals surface area (Å²) < 4.78 is 26.6. The highest BCUT2D eigenvalue weighted by atomic mass is 19.3. The Bertz CT molecular complexity index is 663. The number of primary amides is 1. The van der Waals surface area contributed by atoms with E-state index in [1.165, 1.54) is 17.9 Å². The van der Waals surface area contributed by atoms with Gasteiger partial charge >= 0.3 is 6.55 Å². The zero-order chi connectivity index (χ0) is 14.9. The molecule has 2 aromatic heterocycles. The molecule has 0 saturated heterocycles. The fourth-order valence-electron chi connectivity index (χ4n) is 1.66. The van der Waals surface area contributed by atoms with Crippen LogP contribution in [0.25, 0.3) is 0 Å². The molecular formula is C10H10F2N6O2. The number of carbonyl (C=O) groups excluding carboxylic acids is 2. The number of hydrogen-bond donors (Lipinski definition) is 2. The molecule has 0 radical (unpaired) electrons. The van der Waals surface area contributed by atoms with Crippen molar-refractivity contribution in [1.82, 2.24) is 19.6 Å². The van der Waals surface area contributed by atoms with Crippen LogP contribution in [0.1, 0.15) is 27.5 Å². The fraction of sp³-hybridized carbons (Fsp3) is 0.200. The van der Waals surface area contributed by atoms with E-state index in [0.717, 1.165) is 12.3 Å². The van der Waals surface area contributed by atoms with E-state index in [2.05, 4.69) is 15.5 Å². The van der Waals surface area contributed by atoms with Gasteiger partial charge in [-0.3, -0.25) is 14.3 Å². The van der Waals surface area contributed by atoms with Crippen LogP contribution in [-0.4, -0.2) is 31.4 Å². The smallest absolute Gasteiger partial charge is 0.333 e. The molecule has 2 rings (SSSR count). The molecule has 0 aromatic carbocycles. The first-order valence-corrected chi connectivity index (χ1v) is 5.36. The molecule has 0 aliphatic heterocycles. The lowest BCUT2D eigenvalue weighted by Crippen LogP contribution is -2.22. The molecule has 0 spiro atoms. The summed E-state index contributed by atoms with van der Waals surface area (Å²) in [5.41, 5.74) is 4.79. The minimum atomic E-state index is -2.95. The first-order chi connectivity index (χ1) is 9.41. The number of halogens is 2. The average Bonchev–Trinajstić information content (AvgIpc) is 2.95. The second-order valence-electron chi connectivity index (χ2n) is 3.79. The quantitative estimate of drug-likeness (QED) is 0.845. The zero-order valence-electron chi connectivity index (χ0n) is 10.2. The highest BCUT2D eigenvalue weighted by Gasteiger charge is 2.21. The molecule has 0 unspecified atom stereocenters. The number of aromatic nitrogens is 4. The second-order valence-corrected chi connectivity index (χ2v) is 3.79. The summed E-state index contributed by atoms with van der Waals surface area (Å²) in [6, 6.07) is 1.13.